The van der Waals surface area contributed by atoms with Gasteiger partial charge in [-0.2, -0.15) is 13.2 Å². The molecule has 2 atom stereocenters. The number of rotatable bonds is 7. The molecule has 0 radical (unpaired) electrons. The monoisotopic (exact) mass is 603 g/mol. The molecule has 0 spiro atoms. The summed E-state index contributed by atoms with van der Waals surface area (Å²) in [6, 6.07) is 8.56. The molecule has 2 aliphatic heterocycles. The van der Waals surface area contributed by atoms with Gasteiger partial charge in [0.1, 0.15) is 17.8 Å². The summed E-state index contributed by atoms with van der Waals surface area (Å²) < 4.78 is 71.4. The number of nitrogens with zero attached hydrogens (tertiary/aromatic N) is 4. The molecule has 224 valence electrons. The Labute approximate surface area is 242 Å². The summed E-state index contributed by atoms with van der Waals surface area (Å²) in [7, 11) is -0.0472. The Kier molecular flexibility index (Phi) is 7.89. The lowest BCUT2D eigenvalue weighted by molar-refractivity contribution is -0.139. The second-order valence-electron chi connectivity index (χ2n) is 11.0. The van der Waals surface area contributed by atoms with Gasteiger partial charge in [0, 0.05) is 36.0 Å². The Bertz CT molecular complexity index is 1680. The molecule has 2 aliphatic rings. The first kappa shape index (κ1) is 29.7. The van der Waals surface area contributed by atoms with Crippen molar-refractivity contribution in [3.05, 3.63) is 47.8 Å². The number of piperidine rings is 1. The van der Waals surface area contributed by atoms with Crippen LogP contribution in [0, 0.1) is 11.8 Å². The quantitative estimate of drug-likeness (QED) is 0.411. The standard InChI is InChI=1S/C29H32F3N5O4S/c1-35-19-6-7-20(35)14-21(13-19)37(24-9-8-22(41-2)15-26(24)42(3,39)40)10-4-5-18-11-23(28(33)38)27-25(12-18)36(17-34-27)16-29(30,31)32/h8-9,11-12,15,17,19-21H,6-7,10,13-14,16H2,1-3H3,(H2,33,38). The van der Waals surface area contributed by atoms with Crippen LogP contribution in [0.25, 0.3) is 11.0 Å². The molecule has 9 nitrogen and oxygen atoms in total. The number of imidazole rings is 1. The van der Waals surface area contributed by atoms with Crippen LogP contribution in [0.15, 0.2) is 41.6 Å². The highest BCUT2D eigenvalue weighted by Crippen LogP contribution is 2.39. The molecule has 1 aromatic heterocycles. The Morgan fingerprint density at radius 1 is 1.19 bits per heavy atom. The van der Waals surface area contributed by atoms with Crippen LogP contribution in [0.1, 0.15) is 41.6 Å². The third-order valence-corrected chi connectivity index (χ3v) is 9.34. The molecular formula is C29H32F3N5O4S. The van der Waals surface area contributed by atoms with E-state index in [1.165, 1.54) is 25.3 Å². The normalized spacial score (nSPS) is 20.8. The number of fused-ring (bicyclic) bond motifs is 3. The minimum absolute atomic E-state index is 0.0128. The second-order valence-corrected chi connectivity index (χ2v) is 12.9. The van der Waals surface area contributed by atoms with Crippen LogP contribution in [-0.2, 0) is 16.4 Å². The third-order valence-electron chi connectivity index (χ3n) is 8.21. The lowest BCUT2D eigenvalue weighted by Gasteiger charge is -2.42. The highest BCUT2D eigenvalue weighted by Gasteiger charge is 2.41. The molecule has 2 N–H and O–H groups in total. The van der Waals surface area contributed by atoms with Crippen molar-refractivity contribution in [2.45, 2.75) is 61.4 Å². The number of sulfone groups is 1. The molecule has 3 aromatic rings. The van der Waals surface area contributed by atoms with Crippen molar-refractivity contribution in [2.75, 3.05) is 31.9 Å². The number of alkyl halides is 3. The first-order valence-electron chi connectivity index (χ1n) is 13.5. The average Bonchev–Trinajstić information content (AvgIpc) is 3.37. The fraction of sp³-hybridized carbons (Fsp3) is 0.448. The topological polar surface area (TPSA) is 111 Å². The number of halogens is 3. The van der Waals surface area contributed by atoms with Crippen LogP contribution in [0.5, 0.6) is 5.75 Å². The van der Waals surface area contributed by atoms with E-state index in [4.69, 9.17) is 10.5 Å². The number of hydrogen-bond donors (Lipinski definition) is 1. The minimum Gasteiger partial charge on any atom is -0.497 e. The highest BCUT2D eigenvalue weighted by atomic mass is 32.2. The molecule has 2 aromatic carbocycles. The number of amides is 1. The summed E-state index contributed by atoms with van der Waals surface area (Å²) >= 11 is 0. The van der Waals surface area contributed by atoms with Gasteiger partial charge >= 0.3 is 6.18 Å². The fourth-order valence-corrected chi connectivity index (χ4v) is 7.07. The smallest absolute Gasteiger partial charge is 0.406 e. The van der Waals surface area contributed by atoms with Gasteiger partial charge in [-0.1, -0.05) is 11.8 Å². The molecule has 0 saturated carbocycles. The first-order chi connectivity index (χ1) is 19.7. The van der Waals surface area contributed by atoms with Crippen LogP contribution in [0.2, 0.25) is 0 Å². The van der Waals surface area contributed by atoms with Crippen molar-refractivity contribution >= 4 is 32.5 Å². The van der Waals surface area contributed by atoms with Crippen molar-refractivity contribution in [3.63, 3.8) is 0 Å². The van der Waals surface area contributed by atoms with E-state index in [1.807, 2.05) is 4.90 Å². The van der Waals surface area contributed by atoms with Gasteiger partial charge in [-0.25, -0.2) is 13.4 Å². The number of carbonyl (C=O) groups is 1. The van der Waals surface area contributed by atoms with Gasteiger partial charge in [0.05, 0.1) is 41.6 Å². The van der Waals surface area contributed by atoms with Gasteiger partial charge in [-0.15, -0.1) is 0 Å². The van der Waals surface area contributed by atoms with Gasteiger partial charge in [0.15, 0.2) is 9.84 Å². The number of ether oxygens (including phenoxy) is 1. The first-order valence-corrected chi connectivity index (χ1v) is 15.4. The number of aromatic nitrogens is 2. The lowest BCUT2D eigenvalue weighted by Crippen LogP contribution is -2.49. The van der Waals surface area contributed by atoms with E-state index < -0.39 is 28.5 Å². The minimum atomic E-state index is -4.49. The Morgan fingerprint density at radius 2 is 1.88 bits per heavy atom. The molecule has 42 heavy (non-hydrogen) atoms. The molecule has 1 amide bonds. The summed E-state index contributed by atoms with van der Waals surface area (Å²) in [6.45, 7) is -1.13. The van der Waals surface area contributed by atoms with Crippen molar-refractivity contribution in [1.29, 1.82) is 0 Å². The highest BCUT2D eigenvalue weighted by molar-refractivity contribution is 7.90. The zero-order valence-corrected chi connectivity index (χ0v) is 24.3. The van der Waals surface area contributed by atoms with Gasteiger partial charge in [0.2, 0.25) is 0 Å². The summed E-state index contributed by atoms with van der Waals surface area (Å²) in [6.07, 6.45) is 1.48. The van der Waals surface area contributed by atoms with Gasteiger partial charge in [0.25, 0.3) is 5.91 Å². The largest absolute Gasteiger partial charge is 0.497 e. The zero-order valence-electron chi connectivity index (χ0n) is 23.5. The van der Waals surface area contributed by atoms with Crippen molar-refractivity contribution in [3.8, 4) is 17.6 Å². The van der Waals surface area contributed by atoms with E-state index in [9.17, 15) is 26.4 Å². The Morgan fingerprint density at radius 3 is 2.48 bits per heavy atom. The predicted molar refractivity (Wildman–Crippen MR) is 152 cm³/mol. The van der Waals surface area contributed by atoms with E-state index in [1.54, 1.807) is 12.1 Å². The van der Waals surface area contributed by atoms with Crippen molar-refractivity contribution in [2.24, 2.45) is 5.73 Å². The predicted octanol–water partition coefficient (Wildman–Crippen LogP) is 3.59. The van der Waals surface area contributed by atoms with Crippen LogP contribution in [-0.4, -0.2) is 80.0 Å². The maximum Gasteiger partial charge on any atom is 0.406 e. The molecule has 0 aliphatic carbocycles. The number of hydrogen-bond acceptors (Lipinski definition) is 7. The van der Waals surface area contributed by atoms with Gasteiger partial charge in [-0.05, 0) is 57.0 Å². The molecule has 3 heterocycles. The second kappa shape index (κ2) is 11.1. The van der Waals surface area contributed by atoms with E-state index >= 15 is 0 Å². The molecule has 2 saturated heterocycles. The van der Waals surface area contributed by atoms with Crippen LogP contribution in [0.4, 0.5) is 18.9 Å². The SMILES string of the molecule is COc1ccc(N(CC#Cc2cc(C(N)=O)c3ncn(CC(F)(F)F)c3c2)C2CC3CCC(C2)N3C)c(S(C)(=O)=O)c1. The lowest BCUT2D eigenvalue weighted by atomic mass is 9.96. The number of benzene rings is 2. The number of primary amides is 1. The van der Waals surface area contributed by atoms with Crippen LogP contribution in [0.3, 0.4) is 0 Å². The van der Waals surface area contributed by atoms with Gasteiger partial charge in [-0.3, -0.25) is 4.79 Å². The molecule has 5 rings (SSSR count). The summed E-state index contributed by atoms with van der Waals surface area (Å²) in [5, 5.41) is 0. The van der Waals surface area contributed by atoms with E-state index in [2.05, 4.69) is 28.8 Å². The number of carbonyl (C=O) groups excluding carboxylic acids is 1. The van der Waals surface area contributed by atoms with Gasteiger partial charge < -0.3 is 24.8 Å². The van der Waals surface area contributed by atoms with E-state index in [-0.39, 0.29) is 34.1 Å². The third kappa shape index (κ3) is 6.05. The molecule has 2 fully saturated rings. The summed E-state index contributed by atoms with van der Waals surface area (Å²) in [4.78, 5) is 20.6. The number of anilines is 1. The fourth-order valence-electron chi connectivity index (χ4n) is 6.17. The van der Waals surface area contributed by atoms with Crippen molar-refractivity contribution < 1.29 is 31.1 Å². The maximum atomic E-state index is 13.2. The van der Waals surface area contributed by atoms with E-state index in [0.29, 0.717) is 29.1 Å². The van der Waals surface area contributed by atoms with Crippen LogP contribution < -0.4 is 15.4 Å². The number of methoxy groups -OCH3 is 1. The summed E-state index contributed by atoms with van der Waals surface area (Å²) in [5.41, 5.74) is 6.45. The Hall–Kier alpha value is -3.76. The maximum absolute atomic E-state index is 13.2. The zero-order chi connectivity index (χ0) is 30.4. The van der Waals surface area contributed by atoms with Crippen LogP contribution >= 0.6 is 0 Å². The Balaban J connectivity index is 1.55. The molecule has 2 bridgehead atoms. The molecular weight excluding hydrogens is 571 g/mol. The molecule has 13 heteroatoms. The number of nitrogens with two attached hydrogens (primary N) is 1. The summed E-state index contributed by atoms with van der Waals surface area (Å²) in [5.74, 6) is 5.64. The van der Waals surface area contributed by atoms with Crippen molar-refractivity contribution in [1.82, 2.24) is 14.5 Å². The van der Waals surface area contributed by atoms with E-state index in [0.717, 1.165) is 42.8 Å². The average molecular weight is 604 g/mol. The molecule has 2 unspecified atom stereocenters.